The molecule has 1 aliphatic heterocycles. The van der Waals surface area contributed by atoms with Gasteiger partial charge < -0.3 is 30.3 Å². The van der Waals surface area contributed by atoms with Crippen molar-refractivity contribution in [2.24, 2.45) is 0 Å². The summed E-state index contributed by atoms with van der Waals surface area (Å²) in [5, 5.41) is 33.7. The van der Waals surface area contributed by atoms with Gasteiger partial charge in [0, 0.05) is 18.7 Å². The second-order valence-electron chi connectivity index (χ2n) is 9.83. The first-order chi connectivity index (χ1) is 18.6. The number of anilines is 1. The highest BCUT2D eigenvalue weighted by Crippen LogP contribution is 2.33. The fourth-order valence-corrected chi connectivity index (χ4v) is 5.45. The SMILES string of the molecule is CN(Cc1nc(NC2CCCC2)c2ncn([C@@H]3O[C@H](CO)[C@@H](O)[C@H]3O)c2n1)C(=O)c1ccc(S(=O)(=O)O)cc1. The van der Waals surface area contributed by atoms with Crippen LogP contribution in [0.15, 0.2) is 35.5 Å². The number of aromatic nitrogens is 4. The van der Waals surface area contributed by atoms with Crippen LogP contribution < -0.4 is 5.32 Å². The number of amides is 1. The number of fused-ring (bicyclic) bond motifs is 1. The summed E-state index contributed by atoms with van der Waals surface area (Å²) in [7, 11) is -2.84. The van der Waals surface area contributed by atoms with Crippen LogP contribution in [0.4, 0.5) is 5.82 Å². The highest BCUT2D eigenvalue weighted by Gasteiger charge is 2.44. The van der Waals surface area contributed by atoms with E-state index in [1.165, 1.54) is 27.9 Å². The van der Waals surface area contributed by atoms with Crippen LogP contribution in [0.2, 0.25) is 0 Å². The zero-order valence-electron chi connectivity index (χ0n) is 21.1. The highest BCUT2D eigenvalue weighted by atomic mass is 32.2. The van der Waals surface area contributed by atoms with Crippen molar-refractivity contribution in [2.75, 3.05) is 19.0 Å². The van der Waals surface area contributed by atoms with Crippen LogP contribution in [0.25, 0.3) is 11.2 Å². The van der Waals surface area contributed by atoms with Gasteiger partial charge >= 0.3 is 0 Å². The minimum atomic E-state index is -4.39. The first kappa shape index (κ1) is 27.4. The lowest BCUT2D eigenvalue weighted by atomic mass is 10.1. The molecule has 1 amide bonds. The second kappa shape index (κ2) is 10.7. The van der Waals surface area contributed by atoms with Crippen molar-refractivity contribution in [3.8, 4) is 0 Å². The summed E-state index contributed by atoms with van der Waals surface area (Å²) >= 11 is 0. The second-order valence-corrected chi connectivity index (χ2v) is 11.2. The van der Waals surface area contributed by atoms with E-state index in [1.54, 1.807) is 7.05 Å². The minimum absolute atomic E-state index is 0.0185. The fraction of sp³-hybridized carbons (Fsp3) is 0.500. The largest absolute Gasteiger partial charge is 0.394 e. The molecule has 15 heteroatoms. The van der Waals surface area contributed by atoms with E-state index in [2.05, 4.69) is 20.3 Å². The summed E-state index contributed by atoms with van der Waals surface area (Å²) < 4.78 is 38.9. The summed E-state index contributed by atoms with van der Waals surface area (Å²) in [6, 6.07) is 5.08. The molecule has 14 nitrogen and oxygen atoms in total. The quantitative estimate of drug-likeness (QED) is 0.236. The predicted octanol–water partition coefficient (Wildman–Crippen LogP) is 0.311. The zero-order valence-corrected chi connectivity index (χ0v) is 21.9. The number of ether oxygens (including phenoxy) is 1. The zero-order chi connectivity index (χ0) is 27.9. The maximum atomic E-state index is 13.0. The molecule has 210 valence electrons. The molecular weight excluding hydrogens is 532 g/mol. The standard InChI is InChI=1S/C24H30N6O8S/c1-29(23(34)13-6-8-15(9-7-13)39(35,36)37)10-17-27-21(26-14-4-2-3-5-14)18-22(28-17)30(12-25-18)24-20(33)19(32)16(11-31)38-24/h6-9,12,14,16,19-20,24,31-33H,2-5,10-11H2,1H3,(H,26,27,28)(H,35,36,37)/t16-,19-,20-,24-/m1/s1. The van der Waals surface area contributed by atoms with Crippen LogP contribution in [-0.4, -0.2) is 96.6 Å². The van der Waals surface area contributed by atoms with E-state index in [-0.39, 0.29) is 28.9 Å². The number of nitrogens with one attached hydrogen (secondary N) is 1. The van der Waals surface area contributed by atoms with Crippen molar-refractivity contribution < 1.29 is 37.8 Å². The number of carbonyl (C=O) groups is 1. The third-order valence-corrected chi connectivity index (χ3v) is 7.95. The Hall–Kier alpha value is -3.21. The Bertz CT molecular complexity index is 1460. The van der Waals surface area contributed by atoms with Crippen LogP contribution in [0.3, 0.4) is 0 Å². The molecule has 1 aromatic carbocycles. The lowest BCUT2D eigenvalue weighted by molar-refractivity contribution is -0.0511. The topological polar surface area (TPSA) is 200 Å². The van der Waals surface area contributed by atoms with Gasteiger partial charge in [-0.25, -0.2) is 15.0 Å². The Balaban J connectivity index is 1.46. The molecule has 1 saturated carbocycles. The van der Waals surface area contributed by atoms with E-state index in [0.29, 0.717) is 17.0 Å². The van der Waals surface area contributed by atoms with Crippen molar-refractivity contribution in [3.63, 3.8) is 0 Å². The number of imidazole rings is 1. The Kier molecular flexibility index (Phi) is 7.54. The Labute approximate surface area is 224 Å². The van der Waals surface area contributed by atoms with Crippen molar-refractivity contribution in [3.05, 3.63) is 42.0 Å². The van der Waals surface area contributed by atoms with Crippen molar-refractivity contribution >= 4 is 33.0 Å². The number of nitrogens with zero attached hydrogens (tertiary/aromatic N) is 5. The average Bonchev–Trinajstić information content (AvgIpc) is 3.63. The van der Waals surface area contributed by atoms with Crippen LogP contribution >= 0.6 is 0 Å². The van der Waals surface area contributed by atoms with Gasteiger partial charge in [0.2, 0.25) is 0 Å². The van der Waals surface area contributed by atoms with Gasteiger partial charge in [-0.3, -0.25) is 13.9 Å². The monoisotopic (exact) mass is 562 g/mol. The molecule has 5 rings (SSSR count). The number of rotatable bonds is 8. The highest BCUT2D eigenvalue weighted by molar-refractivity contribution is 7.85. The van der Waals surface area contributed by atoms with Crippen LogP contribution in [0.5, 0.6) is 0 Å². The van der Waals surface area contributed by atoms with E-state index < -0.39 is 47.2 Å². The number of carbonyl (C=O) groups excluding carboxylic acids is 1. The molecule has 5 N–H and O–H groups in total. The van der Waals surface area contributed by atoms with Crippen LogP contribution in [0.1, 0.15) is 48.1 Å². The van der Waals surface area contributed by atoms with Gasteiger partial charge in [-0.2, -0.15) is 8.42 Å². The van der Waals surface area contributed by atoms with Crippen molar-refractivity contribution in [1.82, 2.24) is 24.4 Å². The third kappa shape index (κ3) is 5.46. The molecule has 0 unspecified atom stereocenters. The molecular formula is C24H30N6O8S. The fourth-order valence-electron chi connectivity index (χ4n) is 4.97. The Morgan fingerprint density at radius 1 is 1.15 bits per heavy atom. The summed E-state index contributed by atoms with van der Waals surface area (Å²) in [6.07, 6.45) is 0.871. The minimum Gasteiger partial charge on any atom is -0.394 e. The Morgan fingerprint density at radius 3 is 2.46 bits per heavy atom. The van der Waals surface area contributed by atoms with Crippen molar-refractivity contribution in [1.29, 1.82) is 0 Å². The molecule has 1 aliphatic carbocycles. The van der Waals surface area contributed by atoms with Gasteiger partial charge in [-0.15, -0.1) is 0 Å². The molecule has 2 fully saturated rings. The normalized spacial score (nSPS) is 23.9. The maximum Gasteiger partial charge on any atom is 0.294 e. The molecule has 0 bridgehead atoms. The third-order valence-electron chi connectivity index (χ3n) is 7.08. The summed E-state index contributed by atoms with van der Waals surface area (Å²) in [5.74, 6) is 0.301. The smallest absolute Gasteiger partial charge is 0.294 e. The molecule has 1 saturated heterocycles. The molecule has 2 aliphatic rings. The van der Waals surface area contributed by atoms with Crippen LogP contribution in [0, 0.1) is 0 Å². The van der Waals surface area contributed by atoms with E-state index in [9.17, 15) is 33.1 Å². The summed E-state index contributed by atoms with van der Waals surface area (Å²) in [4.78, 5) is 27.7. The van der Waals surface area contributed by atoms with E-state index in [1.807, 2.05) is 0 Å². The van der Waals surface area contributed by atoms with Gasteiger partial charge in [-0.1, -0.05) is 12.8 Å². The lowest BCUT2D eigenvalue weighted by Gasteiger charge is -2.20. The predicted molar refractivity (Wildman–Crippen MR) is 136 cm³/mol. The van der Waals surface area contributed by atoms with Gasteiger partial charge in [0.05, 0.1) is 24.4 Å². The van der Waals surface area contributed by atoms with Crippen molar-refractivity contribution in [2.45, 2.75) is 67.7 Å². The number of hydrogen-bond acceptors (Lipinski definition) is 11. The first-order valence-electron chi connectivity index (χ1n) is 12.5. The molecule has 39 heavy (non-hydrogen) atoms. The summed E-state index contributed by atoms with van der Waals surface area (Å²) in [5.41, 5.74) is 0.943. The average molecular weight is 563 g/mol. The van der Waals surface area contributed by atoms with Crippen LogP contribution in [-0.2, 0) is 21.4 Å². The van der Waals surface area contributed by atoms with E-state index >= 15 is 0 Å². The number of hydrogen-bond donors (Lipinski definition) is 5. The lowest BCUT2D eigenvalue weighted by Crippen LogP contribution is -2.33. The van der Waals surface area contributed by atoms with E-state index in [4.69, 9.17) is 4.74 Å². The van der Waals surface area contributed by atoms with E-state index in [0.717, 1.165) is 37.8 Å². The van der Waals surface area contributed by atoms with Gasteiger partial charge in [-0.05, 0) is 37.1 Å². The maximum absolute atomic E-state index is 13.0. The molecule has 3 aromatic rings. The Morgan fingerprint density at radius 2 is 1.85 bits per heavy atom. The molecule has 2 aromatic heterocycles. The number of aliphatic hydroxyl groups is 3. The van der Waals surface area contributed by atoms with Gasteiger partial charge in [0.15, 0.2) is 29.0 Å². The molecule has 0 spiro atoms. The number of benzene rings is 1. The molecule has 0 radical (unpaired) electrons. The number of aliphatic hydroxyl groups excluding tert-OH is 3. The molecule has 3 heterocycles. The van der Waals surface area contributed by atoms with Gasteiger partial charge in [0.25, 0.3) is 16.0 Å². The molecule has 4 atom stereocenters. The first-order valence-corrected chi connectivity index (χ1v) is 14.0. The van der Waals surface area contributed by atoms with Gasteiger partial charge in [0.1, 0.15) is 18.3 Å². The summed E-state index contributed by atoms with van der Waals surface area (Å²) in [6.45, 7) is -0.497.